The Morgan fingerprint density at radius 2 is 1.47 bits per heavy atom. The molecule has 2 N–H and O–H groups in total. The number of aromatic nitrogens is 2. The van der Waals surface area contributed by atoms with Crippen molar-refractivity contribution >= 4 is 54.8 Å². The van der Waals surface area contributed by atoms with E-state index in [-0.39, 0.29) is 23.1 Å². The van der Waals surface area contributed by atoms with Crippen LogP contribution in [-0.2, 0) is 10.0 Å². The van der Waals surface area contributed by atoms with Crippen LogP contribution in [0.25, 0.3) is 21.8 Å². The van der Waals surface area contributed by atoms with Crippen molar-refractivity contribution in [2.24, 2.45) is 0 Å². The van der Waals surface area contributed by atoms with Gasteiger partial charge < -0.3 is 4.90 Å². The van der Waals surface area contributed by atoms with Crippen molar-refractivity contribution in [2.45, 2.75) is 4.90 Å². The Labute approximate surface area is 195 Å². The summed E-state index contributed by atoms with van der Waals surface area (Å²) in [7, 11) is -4.00. The van der Waals surface area contributed by atoms with Crippen molar-refractivity contribution in [3.05, 3.63) is 91.0 Å². The first-order chi connectivity index (χ1) is 16.5. The van der Waals surface area contributed by atoms with Crippen LogP contribution in [0, 0.1) is 0 Å². The van der Waals surface area contributed by atoms with Gasteiger partial charge in [-0.2, -0.15) is 0 Å². The maximum Gasteiger partial charge on any atom is 0.267 e. The fourth-order valence-electron chi connectivity index (χ4n) is 4.18. The van der Waals surface area contributed by atoms with Gasteiger partial charge in [0.1, 0.15) is 6.67 Å². The highest BCUT2D eigenvalue weighted by atomic mass is 32.2. The van der Waals surface area contributed by atoms with Gasteiger partial charge >= 0.3 is 0 Å². The summed E-state index contributed by atoms with van der Waals surface area (Å²) in [6.07, 6.45) is 0. The zero-order chi connectivity index (χ0) is 23.3. The molecule has 4 aromatic carbocycles. The Morgan fingerprint density at radius 1 is 0.765 bits per heavy atom. The number of nitrogens with one attached hydrogen (secondary N) is 1. The predicted octanol–water partition coefficient (Wildman–Crippen LogP) is 4.89. The molecular formula is C25H19N5O3S. The first kappa shape index (κ1) is 20.4. The van der Waals surface area contributed by atoms with E-state index < -0.39 is 10.0 Å². The molecule has 6 rings (SSSR count). The molecule has 0 saturated heterocycles. The molecule has 0 radical (unpaired) electrons. The molecule has 1 aliphatic rings. The largest absolute Gasteiger partial charge is 0.304 e. The summed E-state index contributed by atoms with van der Waals surface area (Å²) >= 11 is 0. The summed E-state index contributed by atoms with van der Waals surface area (Å²) in [5.74, 6) is 0.725. The molecule has 1 aliphatic heterocycles. The monoisotopic (exact) mass is 469 g/mol. The SMILES string of the molecule is O=S(=O)(c1cccc(NO)c1)N1CN(c2ccc3ccccc3c2)c2nc3ccccc3nc21. The number of hydrogen-bond donors (Lipinski definition) is 2. The summed E-state index contributed by atoms with van der Waals surface area (Å²) in [6.45, 7) is 0.0170. The summed E-state index contributed by atoms with van der Waals surface area (Å²) in [5.41, 5.74) is 4.37. The predicted molar refractivity (Wildman–Crippen MR) is 132 cm³/mol. The molecule has 0 fully saturated rings. The van der Waals surface area contributed by atoms with Gasteiger partial charge in [-0.25, -0.2) is 22.7 Å². The Balaban J connectivity index is 1.54. The van der Waals surface area contributed by atoms with Crippen molar-refractivity contribution in [1.82, 2.24) is 9.97 Å². The lowest BCUT2D eigenvalue weighted by molar-refractivity contribution is 0.388. The fraction of sp³-hybridized carbons (Fsp3) is 0.0400. The van der Waals surface area contributed by atoms with Gasteiger partial charge in [0.05, 0.1) is 21.6 Å². The van der Waals surface area contributed by atoms with E-state index in [1.165, 1.54) is 16.4 Å². The van der Waals surface area contributed by atoms with Gasteiger partial charge in [-0.1, -0.05) is 48.5 Å². The zero-order valence-corrected chi connectivity index (χ0v) is 18.6. The Kier molecular flexibility index (Phi) is 4.61. The Hall–Kier alpha value is -4.21. The number of rotatable bonds is 4. The van der Waals surface area contributed by atoms with Crippen LogP contribution in [0.3, 0.4) is 0 Å². The van der Waals surface area contributed by atoms with Gasteiger partial charge in [0.25, 0.3) is 10.0 Å². The quantitative estimate of drug-likeness (QED) is 0.362. The molecule has 0 saturated carbocycles. The van der Waals surface area contributed by atoms with E-state index in [1.54, 1.807) is 12.1 Å². The van der Waals surface area contributed by atoms with Crippen LogP contribution in [0.15, 0.2) is 95.9 Å². The maximum absolute atomic E-state index is 13.7. The van der Waals surface area contributed by atoms with Gasteiger partial charge in [0.2, 0.25) is 0 Å². The number of anilines is 4. The lowest BCUT2D eigenvalue weighted by Gasteiger charge is -2.21. The summed E-state index contributed by atoms with van der Waals surface area (Å²) in [5, 5.41) is 11.4. The van der Waals surface area contributed by atoms with Crippen LogP contribution >= 0.6 is 0 Å². The standard InChI is InChI=1S/C25H19N5O3S/c31-28-19-8-5-9-21(15-19)34(32,33)30-16-29(20-13-12-17-6-1-2-7-18(17)14-20)24-25(30)27-23-11-4-3-10-22(23)26-24/h1-15,28,31H,16H2. The molecule has 0 bridgehead atoms. The van der Waals surface area contributed by atoms with E-state index in [9.17, 15) is 13.6 Å². The number of benzene rings is 4. The van der Waals surface area contributed by atoms with Crippen LogP contribution < -0.4 is 14.7 Å². The average molecular weight is 470 g/mol. The van der Waals surface area contributed by atoms with Gasteiger partial charge in [-0.3, -0.25) is 10.7 Å². The lowest BCUT2D eigenvalue weighted by atomic mass is 10.1. The second-order valence-electron chi connectivity index (χ2n) is 7.95. The van der Waals surface area contributed by atoms with E-state index in [1.807, 2.05) is 77.1 Å². The lowest BCUT2D eigenvalue weighted by Crippen LogP contribution is -2.34. The van der Waals surface area contributed by atoms with E-state index in [0.29, 0.717) is 16.9 Å². The fourth-order valence-corrected chi connectivity index (χ4v) is 5.58. The molecule has 1 aromatic heterocycles. The maximum atomic E-state index is 13.7. The third-order valence-electron chi connectivity index (χ3n) is 5.89. The Bertz CT molecular complexity index is 1670. The molecule has 0 spiro atoms. The molecule has 9 heteroatoms. The Morgan fingerprint density at radius 3 is 2.24 bits per heavy atom. The normalized spacial score (nSPS) is 13.4. The first-order valence-corrected chi connectivity index (χ1v) is 12.0. The van der Waals surface area contributed by atoms with E-state index >= 15 is 0 Å². The topological polar surface area (TPSA) is 98.7 Å². The van der Waals surface area contributed by atoms with E-state index in [4.69, 9.17) is 4.98 Å². The summed E-state index contributed by atoms with van der Waals surface area (Å²) < 4.78 is 28.7. The molecule has 5 aromatic rings. The van der Waals surface area contributed by atoms with Gasteiger partial charge in [0, 0.05) is 5.69 Å². The van der Waals surface area contributed by atoms with Crippen molar-refractivity contribution in [2.75, 3.05) is 21.4 Å². The minimum Gasteiger partial charge on any atom is -0.304 e. The van der Waals surface area contributed by atoms with Crippen molar-refractivity contribution in [3.8, 4) is 0 Å². The number of nitrogens with zero attached hydrogens (tertiary/aromatic N) is 4. The highest BCUT2D eigenvalue weighted by Gasteiger charge is 2.38. The summed E-state index contributed by atoms with van der Waals surface area (Å²) in [4.78, 5) is 11.4. The van der Waals surface area contributed by atoms with Crippen molar-refractivity contribution in [3.63, 3.8) is 0 Å². The highest BCUT2D eigenvalue weighted by Crippen LogP contribution is 2.42. The van der Waals surface area contributed by atoms with Crippen LogP contribution in [0.2, 0.25) is 0 Å². The molecule has 0 aliphatic carbocycles. The average Bonchev–Trinajstić information content (AvgIpc) is 3.26. The molecule has 2 heterocycles. The molecule has 0 unspecified atom stereocenters. The molecule has 8 nitrogen and oxygen atoms in total. The second-order valence-corrected chi connectivity index (χ2v) is 9.82. The minimum atomic E-state index is -4.00. The van der Waals surface area contributed by atoms with Crippen molar-refractivity contribution in [1.29, 1.82) is 0 Å². The molecule has 34 heavy (non-hydrogen) atoms. The van der Waals surface area contributed by atoms with Crippen LogP contribution in [0.4, 0.5) is 23.0 Å². The zero-order valence-electron chi connectivity index (χ0n) is 17.8. The van der Waals surface area contributed by atoms with Crippen molar-refractivity contribution < 1.29 is 13.6 Å². The number of hydrogen-bond acceptors (Lipinski definition) is 7. The number of fused-ring (bicyclic) bond motifs is 3. The molecule has 168 valence electrons. The summed E-state index contributed by atoms with van der Waals surface area (Å²) in [6, 6.07) is 27.4. The van der Waals surface area contributed by atoms with Gasteiger partial charge in [-0.05, 0) is 53.2 Å². The van der Waals surface area contributed by atoms with Crippen LogP contribution in [-0.4, -0.2) is 30.3 Å². The smallest absolute Gasteiger partial charge is 0.267 e. The highest BCUT2D eigenvalue weighted by molar-refractivity contribution is 7.92. The molecule has 0 atom stereocenters. The van der Waals surface area contributed by atoms with Gasteiger partial charge in [-0.15, -0.1) is 0 Å². The first-order valence-electron chi connectivity index (χ1n) is 10.6. The molecule has 0 amide bonds. The third kappa shape index (κ3) is 3.21. The third-order valence-corrected chi connectivity index (χ3v) is 7.61. The number of sulfonamides is 1. The minimum absolute atomic E-state index is 0.0170. The van der Waals surface area contributed by atoms with E-state index in [2.05, 4.69) is 4.98 Å². The second kappa shape index (κ2) is 7.68. The van der Waals surface area contributed by atoms with Crippen LogP contribution in [0.1, 0.15) is 0 Å². The van der Waals surface area contributed by atoms with E-state index in [0.717, 1.165) is 16.5 Å². The number of para-hydroxylation sites is 2. The van der Waals surface area contributed by atoms with Crippen LogP contribution in [0.5, 0.6) is 0 Å². The van der Waals surface area contributed by atoms with Gasteiger partial charge in [0.15, 0.2) is 11.6 Å². The molecular weight excluding hydrogens is 450 g/mol.